The first kappa shape index (κ1) is 4.67. The van der Waals surface area contributed by atoms with Crippen molar-refractivity contribution < 1.29 is 25.8 Å². The van der Waals surface area contributed by atoms with Crippen LogP contribution in [-0.2, 0) is 25.8 Å². The third kappa shape index (κ3) is 2.67. The van der Waals surface area contributed by atoms with Crippen LogP contribution in [-0.4, -0.2) is 0 Å². The first-order chi connectivity index (χ1) is 1.91. The number of hydrogen-bond donors (Lipinski definition) is 0. The van der Waals surface area contributed by atoms with Crippen LogP contribution in [0.2, 0.25) is 4.18 Å². The summed E-state index contributed by atoms with van der Waals surface area (Å²) < 4.78 is 10.5. The van der Waals surface area contributed by atoms with E-state index in [2.05, 4.69) is 0 Å². The van der Waals surface area contributed by atoms with E-state index in [9.17, 15) is 2.85 Å². The summed E-state index contributed by atoms with van der Waals surface area (Å²) in [5.74, 6) is 0. The van der Waals surface area contributed by atoms with Crippen molar-refractivity contribution in [2.45, 2.75) is 11.1 Å². The molecule has 0 radical (unpaired) electrons. The molecule has 0 N–H and O–H groups in total. The zero-order chi connectivity index (χ0) is 3.41. The molecule has 0 aromatic rings. The van der Waals surface area contributed by atoms with Gasteiger partial charge in [-0.15, -0.1) is 0 Å². The van der Waals surface area contributed by atoms with Gasteiger partial charge in [0.2, 0.25) is 0 Å². The molecule has 0 saturated carbocycles. The van der Waals surface area contributed by atoms with Gasteiger partial charge in [-0.05, 0) is 0 Å². The molecule has 0 amide bonds. The van der Waals surface area contributed by atoms with Gasteiger partial charge < -0.3 is 0 Å². The minimum absolute atomic E-state index is 0.958. The van der Waals surface area contributed by atoms with Crippen LogP contribution in [0.1, 0.15) is 6.92 Å². The Morgan fingerprint density at radius 3 is 2.25 bits per heavy atom. The standard InChI is InChI=1S/C2H5.Hf.O/c1-2;;/h1H2,2H3;;. The van der Waals surface area contributed by atoms with Crippen LogP contribution in [0.5, 0.6) is 0 Å². The minimum atomic E-state index is -1.18. The summed E-state index contributed by atoms with van der Waals surface area (Å²) in [7, 11) is 0. The molecule has 0 aromatic carbocycles. The molecule has 0 bridgehead atoms. The van der Waals surface area contributed by atoms with Crippen LogP contribution in [0.3, 0.4) is 0 Å². The molecule has 0 aliphatic heterocycles. The van der Waals surface area contributed by atoms with Crippen molar-refractivity contribution in [2.75, 3.05) is 0 Å². The SMILES string of the molecule is C[CH2][Hf]=[O]. The fourth-order valence-corrected chi connectivity index (χ4v) is 0. The molecule has 0 heterocycles. The van der Waals surface area contributed by atoms with Gasteiger partial charge in [0.05, 0.1) is 0 Å². The van der Waals surface area contributed by atoms with Gasteiger partial charge in [-0.25, -0.2) is 0 Å². The third-order valence-electron chi connectivity index (χ3n) is 0.144. The Labute approximate surface area is 37.2 Å². The van der Waals surface area contributed by atoms with Crippen LogP contribution in [0.25, 0.3) is 0 Å². The second-order valence-corrected chi connectivity index (χ2v) is 4.08. The number of hydrogen-bond acceptors (Lipinski definition) is 1. The van der Waals surface area contributed by atoms with E-state index in [4.69, 9.17) is 0 Å². The Bertz CT molecular complexity index is 20.0. The van der Waals surface area contributed by atoms with E-state index in [1.807, 2.05) is 6.92 Å². The second-order valence-electron chi connectivity index (χ2n) is 0.498. The Hall–Kier alpha value is 0.670. The first-order valence-corrected chi connectivity index (χ1v) is 5.27. The van der Waals surface area contributed by atoms with Crippen molar-refractivity contribution >= 4 is 0 Å². The maximum absolute atomic E-state index is 9.49. The van der Waals surface area contributed by atoms with Crippen molar-refractivity contribution in [2.24, 2.45) is 0 Å². The van der Waals surface area contributed by atoms with Crippen LogP contribution >= 0.6 is 0 Å². The average molecular weight is 224 g/mol. The van der Waals surface area contributed by atoms with E-state index in [0.717, 1.165) is 4.18 Å². The van der Waals surface area contributed by atoms with Gasteiger partial charge in [0.1, 0.15) is 0 Å². The molecule has 4 heavy (non-hydrogen) atoms. The molecular weight excluding hydrogens is 219 g/mol. The number of rotatable bonds is 1. The van der Waals surface area contributed by atoms with Gasteiger partial charge in [0.25, 0.3) is 0 Å². The van der Waals surface area contributed by atoms with Crippen molar-refractivity contribution in [1.29, 1.82) is 0 Å². The van der Waals surface area contributed by atoms with E-state index in [-0.39, 0.29) is 0 Å². The monoisotopic (exact) mass is 225 g/mol. The molecule has 0 rings (SSSR count). The molecule has 0 atom stereocenters. The van der Waals surface area contributed by atoms with Gasteiger partial charge >= 0.3 is 36.9 Å². The molecule has 0 aliphatic carbocycles. The van der Waals surface area contributed by atoms with Crippen LogP contribution in [0, 0.1) is 0 Å². The Morgan fingerprint density at radius 1 is 2.00 bits per heavy atom. The molecule has 23 valence electrons. The summed E-state index contributed by atoms with van der Waals surface area (Å²) in [6.07, 6.45) is 0. The molecule has 2 heteroatoms. The predicted octanol–water partition coefficient (Wildman–Crippen LogP) is 0.853. The molecule has 0 saturated heterocycles. The quantitative estimate of drug-likeness (QED) is 0.603. The summed E-state index contributed by atoms with van der Waals surface area (Å²) in [5.41, 5.74) is 0. The Kier molecular flexibility index (Phi) is 4.28. The molecule has 1 nitrogen and oxygen atoms in total. The average Bonchev–Trinajstić information content (AvgIpc) is 1.37. The fraction of sp³-hybridized carbons (Fsp3) is 1.00. The molecular formula is C2H5HfO. The van der Waals surface area contributed by atoms with E-state index in [0.29, 0.717) is 0 Å². The van der Waals surface area contributed by atoms with Crippen molar-refractivity contribution in [1.82, 2.24) is 0 Å². The maximum atomic E-state index is 9.49. The van der Waals surface area contributed by atoms with E-state index in [1.165, 1.54) is 0 Å². The normalized spacial score (nSPS) is 5.25. The molecule has 0 aromatic heterocycles. The van der Waals surface area contributed by atoms with Crippen molar-refractivity contribution in [3.05, 3.63) is 0 Å². The second kappa shape index (κ2) is 3.67. The first-order valence-electron chi connectivity index (χ1n) is 1.26. The van der Waals surface area contributed by atoms with Crippen molar-refractivity contribution in [3.63, 3.8) is 0 Å². The molecule has 0 spiro atoms. The predicted molar refractivity (Wildman–Crippen MR) is 11.2 cm³/mol. The zero-order valence-electron chi connectivity index (χ0n) is 2.62. The van der Waals surface area contributed by atoms with Gasteiger partial charge in [-0.3, -0.25) is 0 Å². The van der Waals surface area contributed by atoms with E-state index in [1.54, 1.807) is 0 Å². The summed E-state index contributed by atoms with van der Waals surface area (Å²) in [5, 5.41) is 0. The van der Waals surface area contributed by atoms with Gasteiger partial charge in [-0.1, -0.05) is 0 Å². The topological polar surface area (TPSA) is 17.1 Å². The van der Waals surface area contributed by atoms with E-state index >= 15 is 0 Å². The Balaban J connectivity index is 2.30. The summed E-state index contributed by atoms with van der Waals surface area (Å²) in [4.78, 5) is 0. The van der Waals surface area contributed by atoms with E-state index < -0.39 is 22.9 Å². The molecule has 0 fully saturated rings. The van der Waals surface area contributed by atoms with Crippen LogP contribution in [0.15, 0.2) is 0 Å². The zero-order valence-corrected chi connectivity index (χ0v) is 6.21. The summed E-state index contributed by atoms with van der Waals surface area (Å²) in [6.45, 7) is 1.95. The summed E-state index contributed by atoms with van der Waals surface area (Å²) >= 11 is -1.18. The van der Waals surface area contributed by atoms with Crippen molar-refractivity contribution in [3.8, 4) is 0 Å². The van der Waals surface area contributed by atoms with Gasteiger partial charge in [-0.2, -0.15) is 0 Å². The molecule has 0 unspecified atom stereocenters. The fourth-order valence-electron chi connectivity index (χ4n) is 0. The molecule has 0 aliphatic rings. The summed E-state index contributed by atoms with van der Waals surface area (Å²) in [6, 6.07) is 0. The van der Waals surface area contributed by atoms with Gasteiger partial charge in [0.15, 0.2) is 0 Å². The van der Waals surface area contributed by atoms with Gasteiger partial charge in [0, 0.05) is 0 Å². The van der Waals surface area contributed by atoms with Crippen LogP contribution < -0.4 is 0 Å². The Morgan fingerprint density at radius 2 is 2.25 bits per heavy atom. The third-order valence-corrected chi connectivity index (χ3v) is 1.18. The van der Waals surface area contributed by atoms with Crippen LogP contribution in [0.4, 0.5) is 0 Å².